The molecule has 2 aliphatic rings. The van der Waals surface area contributed by atoms with E-state index in [0.29, 0.717) is 24.8 Å². The second-order valence-corrected chi connectivity index (χ2v) is 7.31. The van der Waals surface area contributed by atoms with Gasteiger partial charge in [-0.3, -0.25) is 9.59 Å². The van der Waals surface area contributed by atoms with E-state index in [4.69, 9.17) is 4.74 Å². The average Bonchev–Trinajstić information content (AvgIpc) is 3.49. The quantitative estimate of drug-likeness (QED) is 0.691. The highest BCUT2D eigenvalue weighted by molar-refractivity contribution is 5.99. The molecule has 28 heavy (non-hydrogen) atoms. The summed E-state index contributed by atoms with van der Waals surface area (Å²) in [4.78, 5) is 27.1. The largest absolute Gasteiger partial charge is 0.385 e. The molecule has 1 atom stereocenters. The third kappa shape index (κ3) is 3.87. The summed E-state index contributed by atoms with van der Waals surface area (Å²) in [7, 11) is 1.66. The molecule has 4 rings (SSSR count). The third-order valence-corrected chi connectivity index (χ3v) is 5.15. The molecule has 1 heterocycles. The van der Waals surface area contributed by atoms with E-state index in [0.717, 1.165) is 36.1 Å². The first kappa shape index (κ1) is 18.5. The maximum Gasteiger partial charge on any atom is 0.256 e. The van der Waals surface area contributed by atoms with Gasteiger partial charge in [-0.1, -0.05) is 24.3 Å². The van der Waals surface area contributed by atoms with Crippen LogP contribution in [-0.2, 0) is 4.74 Å². The number of carbonyl (C=O) groups is 2. The van der Waals surface area contributed by atoms with Crippen LogP contribution < -0.4 is 10.6 Å². The van der Waals surface area contributed by atoms with Crippen molar-refractivity contribution in [3.8, 4) is 0 Å². The van der Waals surface area contributed by atoms with Gasteiger partial charge < -0.3 is 20.3 Å². The number of hydrogen-bond acceptors (Lipinski definition) is 4. The van der Waals surface area contributed by atoms with E-state index in [-0.39, 0.29) is 18.0 Å². The highest BCUT2D eigenvalue weighted by Gasteiger charge is 2.36. The van der Waals surface area contributed by atoms with Crippen molar-refractivity contribution in [2.45, 2.75) is 31.5 Å². The zero-order valence-electron chi connectivity index (χ0n) is 16.0. The summed E-state index contributed by atoms with van der Waals surface area (Å²) in [5.41, 5.74) is 3.12. The van der Waals surface area contributed by atoms with Gasteiger partial charge >= 0.3 is 0 Å². The van der Waals surface area contributed by atoms with E-state index in [2.05, 4.69) is 10.6 Å². The molecule has 2 aromatic carbocycles. The van der Waals surface area contributed by atoms with Gasteiger partial charge in [0.2, 0.25) is 0 Å². The molecule has 0 radical (unpaired) electrons. The minimum absolute atomic E-state index is 0.0202. The fraction of sp³-hybridized carbons (Fsp3) is 0.364. The van der Waals surface area contributed by atoms with Gasteiger partial charge in [-0.2, -0.15) is 0 Å². The molecule has 2 aromatic rings. The van der Waals surface area contributed by atoms with Crippen LogP contribution in [0.25, 0.3) is 0 Å². The Bertz CT molecular complexity index is 879. The lowest BCUT2D eigenvalue weighted by atomic mass is 10.1. The standard InChI is InChI=1S/C22H25N3O3/c1-28-13-5-12-25-20(18-8-2-3-9-19(18)22(25)27)23-17-7-4-6-15(14-17)21(26)24-16-10-11-16/h2-4,6-9,14,16,20,23H,5,10-13H2,1H3,(H,24,26). The topological polar surface area (TPSA) is 70.7 Å². The molecule has 1 aliphatic heterocycles. The smallest absolute Gasteiger partial charge is 0.256 e. The first-order valence-electron chi connectivity index (χ1n) is 9.73. The van der Waals surface area contributed by atoms with Gasteiger partial charge in [-0.25, -0.2) is 0 Å². The first-order valence-corrected chi connectivity index (χ1v) is 9.73. The number of ether oxygens (including phenoxy) is 1. The second kappa shape index (κ2) is 8.02. The molecule has 6 heteroatoms. The van der Waals surface area contributed by atoms with Crippen molar-refractivity contribution < 1.29 is 14.3 Å². The fourth-order valence-corrected chi connectivity index (χ4v) is 3.54. The van der Waals surface area contributed by atoms with E-state index < -0.39 is 0 Å². The predicted octanol–water partition coefficient (Wildman–Crippen LogP) is 3.18. The van der Waals surface area contributed by atoms with Gasteiger partial charge in [0.25, 0.3) is 11.8 Å². The van der Waals surface area contributed by atoms with Crippen molar-refractivity contribution in [2.75, 3.05) is 25.6 Å². The monoisotopic (exact) mass is 379 g/mol. The molecule has 2 N–H and O–H groups in total. The van der Waals surface area contributed by atoms with Gasteiger partial charge in [-0.15, -0.1) is 0 Å². The number of hydrogen-bond donors (Lipinski definition) is 2. The Morgan fingerprint density at radius 2 is 2.00 bits per heavy atom. The highest BCUT2D eigenvalue weighted by atomic mass is 16.5. The lowest BCUT2D eigenvalue weighted by Gasteiger charge is -2.27. The van der Waals surface area contributed by atoms with Gasteiger partial charge in [0, 0.05) is 48.7 Å². The minimum atomic E-state index is -0.262. The van der Waals surface area contributed by atoms with E-state index in [1.807, 2.05) is 53.4 Å². The fourth-order valence-electron chi connectivity index (χ4n) is 3.54. The summed E-state index contributed by atoms with van der Waals surface area (Å²) in [6, 6.07) is 15.4. The van der Waals surface area contributed by atoms with Crippen molar-refractivity contribution in [3.05, 3.63) is 65.2 Å². The van der Waals surface area contributed by atoms with Crippen molar-refractivity contribution >= 4 is 17.5 Å². The molecule has 1 aliphatic carbocycles. The second-order valence-electron chi connectivity index (χ2n) is 7.31. The average molecular weight is 379 g/mol. The summed E-state index contributed by atoms with van der Waals surface area (Å²) in [6.45, 7) is 1.20. The maximum absolute atomic E-state index is 12.9. The van der Waals surface area contributed by atoms with Gasteiger partial charge in [-0.05, 0) is 43.5 Å². The van der Waals surface area contributed by atoms with E-state index in [1.54, 1.807) is 7.11 Å². The molecule has 146 valence electrons. The molecular weight excluding hydrogens is 354 g/mol. The van der Waals surface area contributed by atoms with Crippen LogP contribution in [0.2, 0.25) is 0 Å². The van der Waals surface area contributed by atoms with Crippen molar-refractivity contribution in [1.82, 2.24) is 10.2 Å². The molecule has 1 fully saturated rings. The normalized spacial score (nSPS) is 18.1. The van der Waals surface area contributed by atoms with Gasteiger partial charge in [0.15, 0.2) is 0 Å². The first-order chi connectivity index (χ1) is 13.7. The number of nitrogens with one attached hydrogen (secondary N) is 2. The Hall–Kier alpha value is -2.86. The summed E-state index contributed by atoms with van der Waals surface area (Å²) < 4.78 is 5.14. The molecule has 0 saturated heterocycles. The molecule has 1 unspecified atom stereocenters. The van der Waals surface area contributed by atoms with Crippen molar-refractivity contribution in [2.24, 2.45) is 0 Å². The Kier molecular flexibility index (Phi) is 5.30. The van der Waals surface area contributed by atoms with Crippen LogP contribution in [0.3, 0.4) is 0 Å². The van der Waals surface area contributed by atoms with Crippen LogP contribution in [0, 0.1) is 0 Å². The summed E-state index contributed by atoms with van der Waals surface area (Å²) in [5, 5.41) is 6.46. The molecule has 0 spiro atoms. The molecular formula is C22H25N3O3. The van der Waals surface area contributed by atoms with E-state index >= 15 is 0 Å². The van der Waals surface area contributed by atoms with Crippen LogP contribution in [0.1, 0.15) is 51.7 Å². The molecule has 2 amide bonds. The Balaban J connectivity index is 1.55. The lowest BCUT2D eigenvalue weighted by Crippen LogP contribution is -2.33. The number of carbonyl (C=O) groups excluding carboxylic acids is 2. The number of rotatable bonds is 8. The summed E-state index contributed by atoms with van der Waals surface area (Å²) in [5.74, 6) is -0.0298. The maximum atomic E-state index is 12.9. The molecule has 6 nitrogen and oxygen atoms in total. The zero-order valence-corrected chi connectivity index (χ0v) is 16.0. The van der Waals surface area contributed by atoms with Crippen LogP contribution >= 0.6 is 0 Å². The van der Waals surface area contributed by atoms with E-state index in [9.17, 15) is 9.59 Å². The molecule has 1 saturated carbocycles. The Morgan fingerprint density at radius 3 is 2.79 bits per heavy atom. The minimum Gasteiger partial charge on any atom is -0.385 e. The van der Waals surface area contributed by atoms with Crippen molar-refractivity contribution in [1.29, 1.82) is 0 Å². The number of nitrogens with zero attached hydrogens (tertiary/aromatic N) is 1. The summed E-state index contributed by atoms with van der Waals surface area (Å²) in [6.07, 6.45) is 2.61. The lowest BCUT2D eigenvalue weighted by molar-refractivity contribution is 0.0721. The number of fused-ring (bicyclic) bond motifs is 1. The van der Waals surface area contributed by atoms with Crippen molar-refractivity contribution in [3.63, 3.8) is 0 Å². The predicted molar refractivity (Wildman–Crippen MR) is 107 cm³/mol. The van der Waals surface area contributed by atoms with E-state index in [1.165, 1.54) is 0 Å². The SMILES string of the molecule is COCCCN1C(=O)c2ccccc2C1Nc1cccc(C(=O)NC2CC2)c1. The Morgan fingerprint density at radius 1 is 1.18 bits per heavy atom. The molecule has 0 aromatic heterocycles. The van der Waals surface area contributed by atoms with Crippen LogP contribution in [0.15, 0.2) is 48.5 Å². The van der Waals surface area contributed by atoms with Crippen LogP contribution in [-0.4, -0.2) is 43.0 Å². The van der Waals surface area contributed by atoms with Gasteiger partial charge in [0.1, 0.15) is 6.17 Å². The number of anilines is 1. The Labute approximate surface area is 164 Å². The number of methoxy groups -OCH3 is 1. The number of benzene rings is 2. The zero-order chi connectivity index (χ0) is 19.5. The van der Waals surface area contributed by atoms with Crippen LogP contribution in [0.4, 0.5) is 5.69 Å². The number of amides is 2. The highest BCUT2D eigenvalue weighted by Crippen LogP contribution is 2.34. The third-order valence-electron chi connectivity index (χ3n) is 5.15. The summed E-state index contributed by atoms with van der Waals surface area (Å²) >= 11 is 0. The van der Waals surface area contributed by atoms with Gasteiger partial charge in [0.05, 0.1) is 0 Å². The van der Waals surface area contributed by atoms with Crippen LogP contribution in [0.5, 0.6) is 0 Å². The molecule has 0 bridgehead atoms.